The SMILES string of the molecule is CO[C@H]1/C=C\C[C@H](C)CS(=O)(NC(=O)N2CC(Oc3ccccn3)C2)=NC(=O)c2ccc3c(c2)N(C[C@@H]2CC[C@H]21)C[C@@]1(CCCc2cc(Cl)ccc21)CO3. The normalized spacial score (nSPS) is 30.3. The summed E-state index contributed by atoms with van der Waals surface area (Å²) in [5.41, 5.74) is 3.38. The Balaban J connectivity index is 1.11. The minimum absolute atomic E-state index is 0.00630. The Morgan fingerprint density at radius 1 is 1.11 bits per heavy atom. The number of benzene rings is 2. The molecule has 6 atom stereocenters. The standard InChI is InChI=1S/C41H48ClN5O6S/c1-27-7-5-9-36(51-2)33-14-11-30(33)21-47-25-41(17-6-8-28-19-31(42)13-15-34(28)41)26-52-37-16-12-29(20-35(37)47)39(48)44-54(50,24-27)45-40(49)46-22-32(23-46)53-38-10-3-4-18-43-38/h3-5,9-10,12-13,15-16,18-20,27,30,32-33,36H,6-8,11,14,17,21-26H2,1-2H3,(H,44,45,48,49,50)/b9-5-/t27-,30-,33+,36-,41-,54?/m0/s1. The number of ether oxygens (including phenoxy) is 3. The molecule has 1 saturated heterocycles. The summed E-state index contributed by atoms with van der Waals surface area (Å²) in [6.45, 7) is 4.54. The number of likely N-dealkylation sites (tertiary alicyclic amines) is 1. The molecule has 4 heterocycles. The maximum atomic E-state index is 14.6. The van der Waals surface area contributed by atoms with Crippen LogP contribution >= 0.6 is 11.6 Å². The number of halogens is 1. The second-order valence-corrected chi connectivity index (χ2v) is 18.1. The molecule has 2 aromatic carbocycles. The lowest BCUT2D eigenvalue weighted by atomic mass is 9.68. The van der Waals surface area contributed by atoms with Crippen molar-refractivity contribution in [2.45, 2.75) is 63.1 Å². The molecule has 3 amide bonds. The van der Waals surface area contributed by atoms with Crippen molar-refractivity contribution in [2.75, 3.05) is 50.5 Å². The van der Waals surface area contributed by atoms with E-state index in [-0.39, 0.29) is 29.3 Å². The first-order chi connectivity index (χ1) is 26.1. The van der Waals surface area contributed by atoms with Crippen LogP contribution in [0.15, 0.2) is 77.3 Å². The van der Waals surface area contributed by atoms with Crippen LogP contribution in [0, 0.1) is 17.8 Å². The van der Waals surface area contributed by atoms with Crippen molar-refractivity contribution in [3.8, 4) is 11.6 Å². The Labute approximate surface area is 322 Å². The monoisotopic (exact) mass is 773 g/mol. The minimum atomic E-state index is -3.53. The number of amides is 3. The molecular formula is C41H48ClN5O6S. The average Bonchev–Trinajstić information content (AvgIpc) is 3.27. The highest BCUT2D eigenvalue weighted by molar-refractivity contribution is 7.92. The molecule has 13 heteroatoms. The molecule has 0 radical (unpaired) electrons. The number of hydrogen-bond acceptors (Lipinski definition) is 8. The summed E-state index contributed by atoms with van der Waals surface area (Å²) >= 11 is 6.47. The van der Waals surface area contributed by atoms with Crippen LogP contribution in [0.1, 0.15) is 60.5 Å². The molecule has 1 N–H and O–H groups in total. The largest absolute Gasteiger partial charge is 0.490 e. The highest BCUT2D eigenvalue weighted by Crippen LogP contribution is 2.47. The lowest BCUT2D eigenvalue weighted by Gasteiger charge is -2.46. The van der Waals surface area contributed by atoms with E-state index >= 15 is 0 Å². The summed E-state index contributed by atoms with van der Waals surface area (Å²) in [5.74, 6) is 1.11. The van der Waals surface area contributed by atoms with Gasteiger partial charge in [0.05, 0.1) is 37.2 Å². The number of nitrogens with zero attached hydrogens (tertiary/aromatic N) is 4. The lowest BCUT2D eigenvalue weighted by molar-refractivity contribution is 0.0131. The quantitative estimate of drug-likeness (QED) is 0.286. The molecular weight excluding hydrogens is 726 g/mol. The molecule has 54 heavy (non-hydrogen) atoms. The van der Waals surface area contributed by atoms with E-state index in [9.17, 15) is 13.8 Å². The molecule has 5 aliphatic rings. The average molecular weight is 774 g/mol. The number of aryl methyl sites for hydroxylation is 1. The van der Waals surface area contributed by atoms with Gasteiger partial charge in [0.1, 0.15) is 21.8 Å². The van der Waals surface area contributed by atoms with Crippen molar-refractivity contribution in [1.29, 1.82) is 0 Å². The third kappa shape index (κ3) is 7.57. The molecule has 3 aliphatic heterocycles. The fourth-order valence-corrected chi connectivity index (χ4v) is 10.9. The zero-order chi connectivity index (χ0) is 37.5. The number of methoxy groups -OCH3 is 1. The molecule has 1 aromatic heterocycles. The molecule has 3 aromatic rings. The highest BCUT2D eigenvalue weighted by atomic mass is 35.5. The summed E-state index contributed by atoms with van der Waals surface area (Å²) in [5, 5.41) is 0.738. The Hall–Kier alpha value is -4.13. The van der Waals surface area contributed by atoms with Crippen LogP contribution in [0.5, 0.6) is 11.6 Å². The molecule has 8 rings (SSSR count). The van der Waals surface area contributed by atoms with Crippen LogP contribution in [0.25, 0.3) is 0 Å². The third-order valence-corrected chi connectivity index (χ3v) is 14.0. The van der Waals surface area contributed by atoms with E-state index < -0.39 is 21.9 Å². The summed E-state index contributed by atoms with van der Waals surface area (Å²) in [7, 11) is -1.76. The first-order valence-electron chi connectivity index (χ1n) is 19.0. The van der Waals surface area contributed by atoms with Gasteiger partial charge in [0.2, 0.25) is 5.88 Å². The molecule has 1 unspecified atom stereocenters. The lowest BCUT2D eigenvalue weighted by Crippen LogP contribution is -2.59. The second-order valence-electron chi connectivity index (χ2n) is 15.7. The minimum Gasteiger partial charge on any atom is -0.490 e. The van der Waals surface area contributed by atoms with Crippen LogP contribution in [0.3, 0.4) is 0 Å². The van der Waals surface area contributed by atoms with E-state index in [0.29, 0.717) is 61.7 Å². The van der Waals surface area contributed by atoms with Gasteiger partial charge in [0, 0.05) is 48.5 Å². The molecule has 2 fully saturated rings. The van der Waals surface area contributed by atoms with Gasteiger partial charge >= 0.3 is 6.03 Å². The van der Waals surface area contributed by atoms with Gasteiger partial charge in [-0.05, 0) is 104 Å². The number of hydrogen-bond donors (Lipinski definition) is 1. The molecule has 286 valence electrons. The number of carbonyl (C=O) groups excluding carboxylic acids is 2. The summed E-state index contributed by atoms with van der Waals surface area (Å²) in [6.07, 6.45) is 11.3. The van der Waals surface area contributed by atoms with E-state index in [4.69, 9.17) is 25.8 Å². The Bertz CT molecular complexity index is 2050. The van der Waals surface area contributed by atoms with E-state index in [1.807, 2.05) is 31.2 Å². The maximum Gasteiger partial charge on any atom is 0.330 e. The van der Waals surface area contributed by atoms with E-state index in [1.165, 1.54) is 16.0 Å². The zero-order valence-corrected chi connectivity index (χ0v) is 32.4. The first-order valence-corrected chi connectivity index (χ1v) is 21.1. The number of pyridine rings is 1. The molecule has 1 saturated carbocycles. The van der Waals surface area contributed by atoms with Crippen LogP contribution in [0.4, 0.5) is 10.5 Å². The summed E-state index contributed by atoms with van der Waals surface area (Å²) in [4.78, 5) is 35.6. The number of carbonyl (C=O) groups is 2. The Morgan fingerprint density at radius 3 is 2.76 bits per heavy atom. The summed E-state index contributed by atoms with van der Waals surface area (Å²) < 4.78 is 40.2. The van der Waals surface area contributed by atoms with Crippen LogP contribution < -0.4 is 19.1 Å². The van der Waals surface area contributed by atoms with Crippen molar-refractivity contribution in [3.05, 3.63) is 94.7 Å². The van der Waals surface area contributed by atoms with Crippen LogP contribution in [-0.2, 0) is 26.5 Å². The molecule has 1 spiro atoms. The predicted molar refractivity (Wildman–Crippen MR) is 209 cm³/mol. The van der Waals surface area contributed by atoms with Gasteiger partial charge in [0.15, 0.2) is 0 Å². The fraction of sp³-hybridized carbons (Fsp3) is 0.488. The van der Waals surface area contributed by atoms with Crippen LogP contribution in [-0.4, -0.2) is 83.9 Å². The number of nitrogens with one attached hydrogen (secondary N) is 1. The van der Waals surface area contributed by atoms with Gasteiger partial charge < -0.3 is 24.0 Å². The van der Waals surface area contributed by atoms with Crippen molar-refractivity contribution in [1.82, 2.24) is 14.6 Å². The number of urea groups is 1. The number of rotatable bonds is 4. The van der Waals surface area contributed by atoms with Crippen molar-refractivity contribution in [3.63, 3.8) is 0 Å². The van der Waals surface area contributed by atoms with E-state index in [2.05, 4.69) is 43.3 Å². The van der Waals surface area contributed by atoms with E-state index in [0.717, 1.165) is 49.4 Å². The Kier molecular flexibility index (Phi) is 10.4. The first kappa shape index (κ1) is 36.8. The number of allylic oxidation sites excluding steroid dienone is 1. The number of aromatic nitrogens is 1. The van der Waals surface area contributed by atoms with Gasteiger partial charge in [-0.25, -0.2) is 14.0 Å². The zero-order valence-electron chi connectivity index (χ0n) is 30.8. The van der Waals surface area contributed by atoms with Crippen molar-refractivity contribution >= 4 is 39.1 Å². The van der Waals surface area contributed by atoms with Crippen molar-refractivity contribution < 1.29 is 28.0 Å². The van der Waals surface area contributed by atoms with E-state index in [1.54, 1.807) is 31.5 Å². The maximum absolute atomic E-state index is 14.6. The molecule has 2 bridgehead atoms. The van der Waals surface area contributed by atoms with Crippen molar-refractivity contribution in [2.24, 2.45) is 22.1 Å². The molecule has 2 aliphatic carbocycles. The van der Waals surface area contributed by atoms with Gasteiger partial charge in [-0.3, -0.25) is 9.52 Å². The highest BCUT2D eigenvalue weighted by Gasteiger charge is 2.44. The topological polar surface area (TPSA) is 123 Å². The smallest absolute Gasteiger partial charge is 0.330 e. The van der Waals surface area contributed by atoms with Gasteiger partial charge in [0.25, 0.3) is 5.91 Å². The van der Waals surface area contributed by atoms with Crippen LogP contribution in [0.2, 0.25) is 5.02 Å². The number of fused-ring (bicyclic) bond motifs is 4. The third-order valence-electron chi connectivity index (χ3n) is 11.8. The number of anilines is 1. The second kappa shape index (κ2) is 15.2. The molecule has 11 nitrogen and oxygen atoms in total. The van der Waals surface area contributed by atoms with Gasteiger partial charge in [-0.1, -0.05) is 42.8 Å². The summed E-state index contributed by atoms with van der Waals surface area (Å²) in [6, 6.07) is 16.4. The fourth-order valence-electron chi connectivity index (χ4n) is 8.83. The van der Waals surface area contributed by atoms with Gasteiger partial charge in [-0.2, -0.15) is 0 Å². The van der Waals surface area contributed by atoms with Gasteiger partial charge in [-0.15, -0.1) is 4.36 Å². The Morgan fingerprint density at radius 2 is 1.98 bits per heavy atom. The predicted octanol–water partition coefficient (Wildman–Crippen LogP) is 6.84.